The van der Waals surface area contributed by atoms with Crippen LogP contribution in [0.5, 0.6) is 0 Å². The Bertz CT molecular complexity index is 327. The lowest BCUT2D eigenvalue weighted by Gasteiger charge is -2.37. The number of nitrogens with two attached hydrogens (primary N) is 1. The Balaban J connectivity index is 2.76. The first kappa shape index (κ1) is 14.9. The fraction of sp³-hybridized carbons (Fsp3) is 1.00. The largest absolute Gasteiger partial charge is 0.330 e. The van der Waals surface area contributed by atoms with E-state index >= 15 is 0 Å². The lowest BCUT2D eigenvalue weighted by atomic mass is 9.85. The summed E-state index contributed by atoms with van der Waals surface area (Å²) in [6, 6.07) is 0.109. The summed E-state index contributed by atoms with van der Waals surface area (Å²) in [6.07, 6.45) is 4.30. The van der Waals surface area contributed by atoms with Crippen LogP contribution < -0.4 is 5.73 Å². The predicted octanol–water partition coefficient (Wildman–Crippen LogP) is 1.42. The first-order valence-corrected chi connectivity index (χ1v) is 8.15. The zero-order chi connectivity index (χ0) is 13.1. The zero-order valence-corrected chi connectivity index (χ0v) is 12.0. The summed E-state index contributed by atoms with van der Waals surface area (Å²) in [4.78, 5) is 0. The van der Waals surface area contributed by atoms with Crippen LogP contribution in [0.4, 0.5) is 0 Å². The molecule has 0 radical (unpaired) electrons. The normalized spacial score (nSPS) is 26.7. The molecule has 0 aliphatic heterocycles. The second-order valence-corrected chi connectivity index (χ2v) is 7.61. The molecule has 1 fully saturated rings. The molecule has 2 atom stereocenters. The van der Waals surface area contributed by atoms with Gasteiger partial charge in [-0.1, -0.05) is 26.7 Å². The van der Waals surface area contributed by atoms with Gasteiger partial charge >= 0.3 is 0 Å². The Morgan fingerprint density at radius 2 is 1.88 bits per heavy atom. The Morgan fingerprint density at radius 1 is 1.29 bits per heavy atom. The summed E-state index contributed by atoms with van der Waals surface area (Å²) in [5, 5.41) is 0. The molecule has 5 heteroatoms. The van der Waals surface area contributed by atoms with Crippen molar-refractivity contribution in [3.05, 3.63) is 0 Å². The highest BCUT2D eigenvalue weighted by Crippen LogP contribution is 2.29. The van der Waals surface area contributed by atoms with E-state index in [1.807, 2.05) is 13.8 Å². The minimum absolute atomic E-state index is 0.109. The Morgan fingerprint density at radius 3 is 2.41 bits per heavy atom. The lowest BCUT2D eigenvalue weighted by Crippen LogP contribution is -2.47. The van der Waals surface area contributed by atoms with Crippen LogP contribution in [0.1, 0.15) is 39.5 Å². The van der Waals surface area contributed by atoms with Crippen molar-refractivity contribution >= 4 is 10.0 Å². The van der Waals surface area contributed by atoms with E-state index in [-0.39, 0.29) is 17.7 Å². The van der Waals surface area contributed by atoms with Crippen LogP contribution in [0.2, 0.25) is 0 Å². The highest BCUT2D eigenvalue weighted by molar-refractivity contribution is 7.89. The maximum Gasteiger partial charge on any atom is 0.214 e. The minimum Gasteiger partial charge on any atom is -0.330 e. The molecule has 1 rings (SSSR count). The third-order valence-corrected chi connectivity index (χ3v) is 5.86. The first-order valence-electron chi connectivity index (χ1n) is 6.54. The van der Waals surface area contributed by atoms with Gasteiger partial charge in [0.25, 0.3) is 0 Å². The van der Waals surface area contributed by atoms with Gasteiger partial charge < -0.3 is 5.73 Å². The van der Waals surface area contributed by atoms with Gasteiger partial charge in [0.1, 0.15) is 0 Å². The van der Waals surface area contributed by atoms with E-state index in [2.05, 4.69) is 0 Å². The van der Waals surface area contributed by atoms with Gasteiger partial charge in [-0.05, 0) is 31.2 Å². The van der Waals surface area contributed by atoms with Gasteiger partial charge in [0, 0.05) is 13.1 Å². The van der Waals surface area contributed by atoms with Crippen molar-refractivity contribution in [1.29, 1.82) is 0 Å². The number of sulfonamides is 1. The Kier molecular flexibility index (Phi) is 5.41. The maximum atomic E-state index is 12.2. The molecular formula is C12H26N2O2S. The van der Waals surface area contributed by atoms with E-state index in [1.54, 1.807) is 11.4 Å². The number of hydrogen-bond acceptors (Lipinski definition) is 3. The van der Waals surface area contributed by atoms with Crippen LogP contribution in [0.3, 0.4) is 0 Å². The fourth-order valence-electron chi connectivity index (χ4n) is 2.69. The molecule has 1 saturated carbocycles. The molecule has 2 N–H and O–H groups in total. The summed E-state index contributed by atoms with van der Waals surface area (Å²) >= 11 is 0. The zero-order valence-electron chi connectivity index (χ0n) is 11.2. The molecule has 4 nitrogen and oxygen atoms in total. The van der Waals surface area contributed by atoms with Crippen LogP contribution in [-0.2, 0) is 10.0 Å². The third kappa shape index (κ3) is 3.93. The number of hydrogen-bond donors (Lipinski definition) is 1. The van der Waals surface area contributed by atoms with E-state index in [9.17, 15) is 8.42 Å². The quantitative estimate of drug-likeness (QED) is 0.815. The van der Waals surface area contributed by atoms with Crippen molar-refractivity contribution in [1.82, 2.24) is 4.31 Å². The van der Waals surface area contributed by atoms with E-state index in [4.69, 9.17) is 5.73 Å². The average Bonchev–Trinajstić information content (AvgIpc) is 2.26. The molecule has 0 aromatic rings. The van der Waals surface area contributed by atoms with Crippen molar-refractivity contribution in [2.45, 2.75) is 45.6 Å². The second-order valence-electron chi connectivity index (χ2n) is 5.54. The van der Waals surface area contributed by atoms with Crippen molar-refractivity contribution in [2.24, 2.45) is 17.6 Å². The van der Waals surface area contributed by atoms with Crippen molar-refractivity contribution in [2.75, 3.05) is 19.3 Å². The molecule has 17 heavy (non-hydrogen) atoms. The molecule has 0 spiro atoms. The average molecular weight is 262 g/mol. The van der Waals surface area contributed by atoms with Gasteiger partial charge in [-0.15, -0.1) is 0 Å². The molecule has 0 bridgehead atoms. The molecule has 2 unspecified atom stereocenters. The topological polar surface area (TPSA) is 63.4 Å². The van der Waals surface area contributed by atoms with Gasteiger partial charge in [-0.25, -0.2) is 12.7 Å². The summed E-state index contributed by atoms with van der Waals surface area (Å²) in [7, 11) is -1.41. The van der Waals surface area contributed by atoms with E-state index in [1.165, 1.54) is 6.42 Å². The molecule has 0 aromatic carbocycles. The maximum absolute atomic E-state index is 12.2. The minimum atomic E-state index is -3.12. The van der Waals surface area contributed by atoms with E-state index in [0.717, 1.165) is 19.3 Å². The number of nitrogens with zero attached hydrogens (tertiary/aromatic N) is 1. The van der Waals surface area contributed by atoms with Gasteiger partial charge in [0.15, 0.2) is 0 Å². The summed E-state index contributed by atoms with van der Waals surface area (Å²) in [5.41, 5.74) is 5.75. The summed E-state index contributed by atoms with van der Waals surface area (Å²) in [5.74, 6) is 0.732. The lowest BCUT2D eigenvalue weighted by molar-refractivity contribution is 0.204. The van der Waals surface area contributed by atoms with Crippen LogP contribution in [0.15, 0.2) is 0 Å². The van der Waals surface area contributed by atoms with Crippen molar-refractivity contribution in [3.8, 4) is 0 Å². The number of rotatable bonds is 5. The Labute approximate surface area is 106 Å². The van der Waals surface area contributed by atoms with Crippen molar-refractivity contribution in [3.63, 3.8) is 0 Å². The monoisotopic (exact) mass is 262 g/mol. The molecule has 1 aliphatic rings. The molecular weight excluding hydrogens is 236 g/mol. The summed E-state index contributed by atoms with van der Waals surface area (Å²) in [6.45, 7) is 4.46. The third-order valence-electron chi connectivity index (χ3n) is 3.62. The van der Waals surface area contributed by atoms with Crippen LogP contribution in [0.25, 0.3) is 0 Å². The van der Waals surface area contributed by atoms with E-state index < -0.39 is 10.0 Å². The van der Waals surface area contributed by atoms with Gasteiger partial charge in [-0.3, -0.25) is 0 Å². The molecule has 1 aliphatic carbocycles. The first-order chi connectivity index (χ1) is 7.88. The second kappa shape index (κ2) is 6.16. The van der Waals surface area contributed by atoms with Gasteiger partial charge in [-0.2, -0.15) is 0 Å². The fourth-order valence-corrected chi connectivity index (χ4v) is 4.45. The molecule has 0 saturated heterocycles. The summed E-state index contributed by atoms with van der Waals surface area (Å²) < 4.78 is 26.0. The van der Waals surface area contributed by atoms with Gasteiger partial charge in [0.05, 0.1) is 5.75 Å². The van der Waals surface area contributed by atoms with Crippen LogP contribution in [-0.4, -0.2) is 38.1 Å². The van der Waals surface area contributed by atoms with Gasteiger partial charge in [0.2, 0.25) is 10.0 Å². The SMILES string of the molecule is CC(C)CS(=O)(=O)N(C)C1CCCCC1CN. The van der Waals surface area contributed by atoms with Crippen molar-refractivity contribution < 1.29 is 8.42 Å². The Hall–Kier alpha value is -0.130. The molecule has 0 aromatic heterocycles. The molecule has 102 valence electrons. The smallest absolute Gasteiger partial charge is 0.214 e. The standard InChI is InChI=1S/C12H26N2O2S/c1-10(2)9-17(15,16)14(3)12-7-5-4-6-11(12)8-13/h10-12H,4-9,13H2,1-3H3. The van der Waals surface area contributed by atoms with E-state index in [0.29, 0.717) is 12.5 Å². The predicted molar refractivity (Wildman–Crippen MR) is 71.2 cm³/mol. The van der Waals surface area contributed by atoms with Crippen LogP contribution >= 0.6 is 0 Å². The highest BCUT2D eigenvalue weighted by Gasteiger charge is 2.33. The molecule has 0 amide bonds. The molecule has 0 heterocycles. The highest BCUT2D eigenvalue weighted by atomic mass is 32.2. The van der Waals surface area contributed by atoms with Crippen LogP contribution in [0, 0.1) is 11.8 Å².